The molecule has 0 aliphatic carbocycles. The molecule has 0 saturated carbocycles. The predicted molar refractivity (Wildman–Crippen MR) is 77.7 cm³/mol. The van der Waals surface area contributed by atoms with Crippen molar-refractivity contribution in [3.8, 4) is 0 Å². The van der Waals surface area contributed by atoms with Crippen LogP contribution in [0.25, 0.3) is 0 Å². The molecule has 1 amide bonds. The van der Waals surface area contributed by atoms with Crippen LogP contribution in [-0.2, 0) is 11.2 Å². The van der Waals surface area contributed by atoms with Crippen LogP contribution in [0.1, 0.15) is 49.7 Å². The van der Waals surface area contributed by atoms with Crippen molar-refractivity contribution in [2.45, 2.75) is 65.1 Å². The molecule has 1 N–H and O–H groups in total. The molecule has 1 aliphatic heterocycles. The maximum atomic E-state index is 12.9. The number of halogens is 2. The zero-order valence-corrected chi connectivity index (χ0v) is 13.2. The van der Waals surface area contributed by atoms with Crippen LogP contribution in [0.4, 0.5) is 8.78 Å². The van der Waals surface area contributed by atoms with Crippen molar-refractivity contribution < 1.29 is 18.7 Å². The fraction of sp³-hybridized carbons (Fsp3) is 0.733. The highest BCUT2D eigenvalue weighted by Gasteiger charge is 2.31. The first-order chi connectivity index (χ1) is 10.3. The lowest BCUT2D eigenvalue weighted by molar-refractivity contribution is -0.137. The minimum atomic E-state index is -2.71. The standard InChI is InChI=1S/C15H23F2N3O2/c1-9-12(10(2)20(18-9)15(16)17)8-14(22)19-7-5-4-6-13(19)11(3)21/h11,13,15,21H,4-8H2,1-3H3. The second-order valence-corrected chi connectivity index (χ2v) is 5.94. The molecule has 1 saturated heterocycles. The Labute approximate surface area is 128 Å². The van der Waals surface area contributed by atoms with Gasteiger partial charge in [-0.1, -0.05) is 0 Å². The van der Waals surface area contributed by atoms with Gasteiger partial charge in [0.2, 0.25) is 5.91 Å². The van der Waals surface area contributed by atoms with Crippen molar-refractivity contribution in [1.29, 1.82) is 0 Å². The molecule has 0 bridgehead atoms. The van der Waals surface area contributed by atoms with Gasteiger partial charge in [-0.15, -0.1) is 0 Å². The van der Waals surface area contributed by atoms with Crippen LogP contribution in [-0.4, -0.2) is 44.4 Å². The Balaban J connectivity index is 2.18. The highest BCUT2D eigenvalue weighted by atomic mass is 19.3. The summed E-state index contributed by atoms with van der Waals surface area (Å²) in [7, 11) is 0. The molecule has 7 heteroatoms. The maximum absolute atomic E-state index is 12.9. The Hall–Kier alpha value is -1.50. The van der Waals surface area contributed by atoms with Gasteiger partial charge in [-0.05, 0) is 40.0 Å². The Morgan fingerprint density at radius 2 is 2.09 bits per heavy atom. The number of carbonyl (C=O) groups excluding carboxylic acids is 1. The molecule has 1 aromatic rings. The Morgan fingerprint density at radius 3 is 2.64 bits per heavy atom. The van der Waals surface area contributed by atoms with Crippen molar-refractivity contribution in [3.63, 3.8) is 0 Å². The molecule has 2 heterocycles. The molecular weight excluding hydrogens is 292 g/mol. The second-order valence-electron chi connectivity index (χ2n) is 5.94. The van der Waals surface area contributed by atoms with Gasteiger partial charge in [0.05, 0.1) is 24.3 Å². The minimum Gasteiger partial charge on any atom is -0.391 e. The van der Waals surface area contributed by atoms with E-state index in [1.54, 1.807) is 25.7 Å². The summed E-state index contributed by atoms with van der Waals surface area (Å²) in [5.74, 6) is -0.134. The van der Waals surface area contributed by atoms with Crippen LogP contribution in [0.3, 0.4) is 0 Å². The van der Waals surface area contributed by atoms with Gasteiger partial charge in [0.25, 0.3) is 0 Å². The first kappa shape index (κ1) is 16.9. The van der Waals surface area contributed by atoms with Gasteiger partial charge in [0.15, 0.2) is 0 Å². The highest BCUT2D eigenvalue weighted by Crippen LogP contribution is 2.24. The number of likely N-dealkylation sites (tertiary alicyclic amines) is 1. The molecule has 1 aromatic heterocycles. The molecular formula is C15H23F2N3O2. The number of hydrogen-bond acceptors (Lipinski definition) is 3. The van der Waals surface area contributed by atoms with Crippen LogP contribution >= 0.6 is 0 Å². The molecule has 2 unspecified atom stereocenters. The van der Waals surface area contributed by atoms with Gasteiger partial charge in [0, 0.05) is 17.8 Å². The van der Waals surface area contributed by atoms with E-state index in [0.717, 1.165) is 19.3 Å². The van der Waals surface area contributed by atoms with Gasteiger partial charge in [-0.25, -0.2) is 4.68 Å². The maximum Gasteiger partial charge on any atom is 0.333 e. The Kier molecular flexibility index (Phi) is 5.16. The minimum absolute atomic E-state index is 0.0492. The van der Waals surface area contributed by atoms with Crippen LogP contribution in [0.2, 0.25) is 0 Å². The largest absolute Gasteiger partial charge is 0.391 e. The number of carbonyl (C=O) groups is 1. The SMILES string of the molecule is Cc1nn(C(F)F)c(C)c1CC(=O)N1CCCCC1C(C)O. The number of nitrogens with zero attached hydrogens (tertiary/aromatic N) is 3. The average molecular weight is 315 g/mol. The van der Waals surface area contributed by atoms with E-state index >= 15 is 0 Å². The van der Waals surface area contributed by atoms with E-state index in [1.807, 2.05) is 0 Å². The number of aryl methyl sites for hydroxylation is 1. The summed E-state index contributed by atoms with van der Waals surface area (Å²) in [4.78, 5) is 14.2. The summed E-state index contributed by atoms with van der Waals surface area (Å²) in [5, 5.41) is 13.6. The molecule has 22 heavy (non-hydrogen) atoms. The van der Waals surface area contributed by atoms with E-state index in [9.17, 15) is 18.7 Å². The summed E-state index contributed by atoms with van der Waals surface area (Å²) in [6.07, 6.45) is 2.13. The van der Waals surface area contributed by atoms with Crippen molar-refractivity contribution in [1.82, 2.24) is 14.7 Å². The van der Waals surface area contributed by atoms with Crippen LogP contribution < -0.4 is 0 Å². The fourth-order valence-electron chi connectivity index (χ4n) is 3.16. The predicted octanol–water partition coefficient (Wildman–Crippen LogP) is 2.20. The fourth-order valence-corrected chi connectivity index (χ4v) is 3.16. The molecule has 1 fully saturated rings. The molecule has 5 nitrogen and oxygen atoms in total. The number of aliphatic hydroxyl groups is 1. The lowest BCUT2D eigenvalue weighted by atomic mass is 9.97. The number of piperidine rings is 1. The van der Waals surface area contributed by atoms with E-state index < -0.39 is 12.7 Å². The summed E-state index contributed by atoms with van der Waals surface area (Å²) >= 11 is 0. The molecule has 0 spiro atoms. The van der Waals surface area contributed by atoms with E-state index in [0.29, 0.717) is 28.2 Å². The molecule has 2 atom stereocenters. The van der Waals surface area contributed by atoms with Gasteiger partial charge < -0.3 is 10.0 Å². The quantitative estimate of drug-likeness (QED) is 0.926. The van der Waals surface area contributed by atoms with E-state index in [2.05, 4.69) is 5.10 Å². The topological polar surface area (TPSA) is 58.4 Å². The number of aromatic nitrogens is 2. The molecule has 1 aliphatic rings. The third-order valence-corrected chi connectivity index (χ3v) is 4.41. The van der Waals surface area contributed by atoms with Crippen molar-refractivity contribution in [2.24, 2.45) is 0 Å². The third kappa shape index (κ3) is 3.29. The Bertz CT molecular complexity index is 543. The van der Waals surface area contributed by atoms with Crippen LogP contribution in [0.5, 0.6) is 0 Å². The van der Waals surface area contributed by atoms with Crippen LogP contribution in [0.15, 0.2) is 0 Å². The first-order valence-corrected chi connectivity index (χ1v) is 7.63. The summed E-state index contributed by atoms with van der Waals surface area (Å²) in [6.45, 7) is 2.77. The smallest absolute Gasteiger partial charge is 0.333 e. The number of hydrogen-bond donors (Lipinski definition) is 1. The second kappa shape index (κ2) is 6.73. The van der Waals surface area contributed by atoms with Crippen LogP contribution in [0, 0.1) is 13.8 Å². The van der Waals surface area contributed by atoms with Crippen molar-refractivity contribution in [3.05, 3.63) is 17.0 Å². The normalized spacial score (nSPS) is 20.5. The average Bonchev–Trinajstić information content (AvgIpc) is 2.75. The molecule has 0 radical (unpaired) electrons. The number of alkyl halides is 2. The monoisotopic (exact) mass is 315 g/mol. The van der Waals surface area contributed by atoms with E-state index in [4.69, 9.17) is 0 Å². The van der Waals surface area contributed by atoms with Gasteiger partial charge in [0.1, 0.15) is 0 Å². The van der Waals surface area contributed by atoms with Gasteiger partial charge in [-0.2, -0.15) is 13.9 Å². The van der Waals surface area contributed by atoms with Crippen molar-refractivity contribution in [2.75, 3.05) is 6.54 Å². The number of amides is 1. The van der Waals surface area contributed by atoms with Gasteiger partial charge >= 0.3 is 6.55 Å². The number of aliphatic hydroxyl groups excluding tert-OH is 1. The van der Waals surface area contributed by atoms with Gasteiger partial charge in [-0.3, -0.25) is 4.79 Å². The zero-order chi connectivity index (χ0) is 16.4. The lowest BCUT2D eigenvalue weighted by Crippen LogP contribution is -2.49. The Morgan fingerprint density at radius 1 is 1.41 bits per heavy atom. The van der Waals surface area contributed by atoms with E-state index in [-0.39, 0.29) is 18.4 Å². The first-order valence-electron chi connectivity index (χ1n) is 7.63. The third-order valence-electron chi connectivity index (χ3n) is 4.41. The lowest BCUT2D eigenvalue weighted by Gasteiger charge is -2.37. The molecule has 124 valence electrons. The summed E-state index contributed by atoms with van der Waals surface area (Å²) < 4.78 is 26.4. The molecule has 2 rings (SSSR count). The number of rotatable bonds is 4. The zero-order valence-electron chi connectivity index (χ0n) is 13.2. The summed E-state index contributed by atoms with van der Waals surface area (Å²) in [6, 6.07) is -0.188. The molecule has 0 aromatic carbocycles. The summed E-state index contributed by atoms with van der Waals surface area (Å²) in [5.41, 5.74) is 1.34. The van der Waals surface area contributed by atoms with E-state index in [1.165, 1.54) is 0 Å². The highest BCUT2D eigenvalue weighted by molar-refractivity contribution is 5.79. The van der Waals surface area contributed by atoms with Crippen molar-refractivity contribution >= 4 is 5.91 Å².